The van der Waals surface area contributed by atoms with E-state index in [9.17, 15) is 0 Å². The zero-order chi connectivity index (χ0) is 15.0. The Morgan fingerprint density at radius 1 is 0.952 bits per heavy atom. The number of aromatic nitrogens is 2. The molecule has 3 nitrogen and oxygen atoms in total. The van der Waals surface area contributed by atoms with Gasteiger partial charge in [-0.25, -0.2) is 0 Å². The van der Waals surface area contributed by atoms with Crippen molar-refractivity contribution in [2.75, 3.05) is 5.73 Å². The van der Waals surface area contributed by atoms with Gasteiger partial charge < -0.3 is 5.73 Å². The van der Waals surface area contributed by atoms with Gasteiger partial charge in [0, 0.05) is 15.6 Å². The van der Waals surface area contributed by atoms with Crippen molar-refractivity contribution in [3.05, 3.63) is 57.0 Å². The lowest BCUT2D eigenvalue weighted by Gasteiger charge is -2.09. The van der Waals surface area contributed by atoms with E-state index in [2.05, 4.69) is 26.1 Å². The van der Waals surface area contributed by atoms with E-state index >= 15 is 0 Å². The molecule has 1 aromatic heterocycles. The Hall–Kier alpha value is -1.49. The average Bonchev–Trinajstić information content (AvgIpc) is 2.81. The number of H-pyrrole nitrogens is 1. The first kappa shape index (κ1) is 14.4. The number of nitrogens with zero attached hydrogens (tertiary/aromatic N) is 1. The summed E-state index contributed by atoms with van der Waals surface area (Å²) < 4.78 is 0.919. The van der Waals surface area contributed by atoms with Crippen LogP contribution in [0.4, 0.5) is 5.82 Å². The maximum absolute atomic E-state index is 6.29. The summed E-state index contributed by atoms with van der Waals surface area (Å²) >= 11 is 16.1. The third-order valence-corrected chi connectivity index (χ3v) is 4.47. The van der Waals surface area contributed by atoms with Gasteiger partial charge in [0.05, 0.1) is 21.3 Å². The van der Waals surface area contributed by atoms with Gasteiger partial charge in [-0.15, -0.1) is 0 Å². The van der Waals surface area contributed by atoms with Gasteiger partial charge in [-0.2, -0.15) is 5.10 Å². The second kappa shape index (κ2) is 5.72. The van der Waals surface area contributed by atoms with E-state index in [4.69, 9.17) is 28.9 Å². The van der Waals surface area contributed by atoms with E-state index in [-0.39, 0.29) is 0 Å². The van der Waals surface area contributed by atoms with Crippen LogP contribution in [0.2, 0.25) is 10.0 Å². The molecule has 106 valence electrons. The van der Waals surface area contributed by atoms with Gasteiger partial charge in [0.1, 0.15) is 0 Å². The molecule has 0 aliphatic rings. The van der Waals surface area contributed by atoms with Crippen molar-refractivity contribution in [1.29, 1.82) is 0 Å². The molecule has 1 heterocycles. The zero-order valence-corrected chi connectivity index (χ0v) is 13.8. The first-order chi connectivity index (χ1) is 10.1. The predicted molar refractivity (Wildman–Crippen MR) is 91.6 cm³/mol. The third-order valence-electron chi connectivity index (χ3n) is 3.15. The van der Waals surface area contributed by atoms with Crippen molar-refractivity contribution in [2.24, 2.45) is 0 Å². The van der Waals surface area contributed by atoms with Gasteiger partial charge in [-0.3, -0.25) is 5.10 Å². The normalized spacial score (nSPS) is 10.8. The fourth-order valence-corrected chi connectivity index (χ4v) is 3.28. The van der Waals surface area contributed by atoms with Crippen LogP contribution in [-0.4, -0.2) is 10.2 Å². The second-order valence-electron chi connectivity index (χ2n) is 4.44. The van der Waals surface area contributed by atoms with E-state index in [1.807, 2.05) is 24.3 Å². The molecule has 0 radical (unpaired) electrons. The zero-order valence-electron chi connectivity index (χ0n) is 10.7. The molecule has 0 aliphatic carbocycles. The monoisotopic (exact) mass is 381 g/mol. The summed E-state index contributed by atoms with van der Waals surface area (Å²) in [6.45, 7) is 0. The number of rotatable bonds is 2. The second-order valence-corrected chi connectivity index (χ2v) is 6.10. The molecular formula is C15H10BrCl2N3. The summed E-state index contributed by atoms with van der Waals surface area (Å²) in [5, 5.41) is 8.12. The Balaban J connectivity index is 2.31. The molecule has 3 rings (SSSR count). The van der Waals surface area contributed by atoms with Crippen LogP contribution in [0, 0.1) is 0 Å². The summed E-state index contributed by atoms with van der Waals surface area (Å²) in [6.07, 6.45) is 0. The largest absolute Gasteiger partial charge is 0.382 e. The van der Waals surface area contributed by atoms with Crippen molar-refractivity contribution in [3.8, 4) is 22.4 Å². The molecule has 21 heavy (non-hydrogen) atoms. The molecule has 0 unspecified atom stereocenters. The van der Waals surface area contributed by atoms with E-state index in [0.717, 1.165) is 15.6 Å². The quantitative estimate of drug-likeness (QED) is 0.623. The standard InChI is InChI=1S/C15H10BrCl2N3/c16-9-5-2-1-4-8(9)12-14(20-21-15(12)19)13-10(17)6-3-7-11(13)18/h1-7H,(H3,19,20,21). The van der Waals surface area contributed by atoms with Crippen molar-refractivity contribution >= 4 is 44.9 Å². The maximum atomic E-state index is 6.29. The van der Waals surface area contributed by atoms with Gasteiger partial charge in [-0.05, 0) is 18.2 Å². The van der Waals surface area contributed by atoms with Gasteiger partial charge in [0.2, 0.25) is 0 Å². The van der Waals surface area contributed by atoms with Crippen LogP contribution in [0.25, 0.3) is 22.4 Å². The molecule has 3 aromatic rings. The SMILES string of the molecule is Nc1n[nH]c(-c2c(Cl)cccc2Cl)c1-c1ccccc1Br. The molecular weight excluding hydrogens is 373 g/mol. The van der Waals surface area contributed by atoms with Gasteiger partial charge >= 0.3 is 0 Å². The Bertz CT molecular complexity index is 794. The van der Waals surface area contributed by atoms with Gasteiger partial charge in [-0.1, -0.05) is 63.4 Å². The van der Waals surface area contributed by atoms with Crippen LogP contribution in [0.1, 0.15) is 0 Å². The summed E-state index contributed by atoms with van der Waals surface area (Å²) in [4.78, 5) is 0. The molecule has 6 heteroatoms. The highest BCUT2D eigenvalue weighted by atomic mass is 79.9. The van der Waals surface area contributed by atoms with E-state index in [1.54, 1.807) is 18.2 Å². The summed E-state index contributed by atoms with van der Waals surface area (Å²) in [6, 6.07) is 13.1. The average molecular weight is 383 g/mol. The Kier molecular flexibility index (Phi) is 3.93. The van der Waals surface area contributed by atoms with Crippen LogP contribution < -0.4 is 5.73 Å². The highest BCUT2D eigenvalue weighted by molar-refractivity contribution is 9.10. The van der Waals surface area contributed by atoms with E-state index in [0.29, 0.717) is 27.1 Å². The lowest BCUT2D eigenvalue weighted by atomic mass is 10.0. The van der Waals surface area contributed by atoms with Crippen LogP contribution in [0.5, 0.6) is 0 Å². The van der Waals surface area contributed by atoms with E-state index < -0.39 is 0 Å². The fourth-order valence-electron chi connectivity index (χ4n) is 2.21. The van der Waals surface area contributed by atoms with Gasteiger partial charge in [0.25, 0.3) is 0 Å². The summed E-state index contributed by atoms with van der Waals surface area (Å²) in [5.74, 6) is 0.396. The number of nitrogens with one attached hydrogen (secondary N) is 1. The molecule has 0 fully saturated rings. The molecule has 3 N–H and O–H groups in total. The molecule has 0 spiro atoms. The molecule has 0 saturated carbocycles. The Morgan fingerprint density at radius 2 is 1.62 bits per heavy atom. The molecule has 0 saturated heterocycles. The molecule has 0 amide bonds. The molecule has 2 aromatic carbocycles. The van der Waals surface area contributed by atoms with Crippen LogP contribution in [0.3, 0.4) is 0 Å². The van der Waals surface area contributed by atoms with Crippen molar-refractivity contribution in [2.45, 2.75) is 0 Å². The highest BCUT2D eigenvalue weighted by Crippen LogP contribution is 2.43. The van der Waals surface area contributed by atoms with Crippen molar-refractivity contribution in [1.82, 2.24) is 10.2 Å². The number of benzene rings is 2. The van der Waals surface area contributed by atoms with Crippen LogP contribution in [-0.2, 0) is 0 Å². The minimum atomic E-state index is 0.396. The third kappa shape index (κ3) is 2.55. The number of aromatic amines is 1. The number of halogens is 3. The number of nitrogen functional groups attached to an aromatic ring is 1. The minimum absolute atomic E-state index is 0.396. The summed E-state index contributed by atoms with van der Waals surface area (Å²) in [7, 11) is 0. The number of anilines is 1. The Morgan fingerprint density at radius 3 is 2.29 bits per heavy atom. The summed E-state index contributed by atoms with van der Waals surface area (Å²) in [5.41, 5.74) is 9.13. The Labute approximate surface area is 140 Å². The first-order valence-electron chi connectivity index (χ1n) is 6.12. The number of nitrogens with two attached hydrogens (primary N) is 1. The number of hydrogen-bond acceptors (Lipinski definition) is 2. The van der Waals surface area contributed by atoms with Crippen molar-refractivity contribution < 1.29 is 0 Å². The fraction of sp³-hybridized carbons (Fsp3) is 0. The molecule has 0 aliphatic heterocycles. The van der Waals surface area contributed by atoms with Crippen LogP contribution in [0.15, 0.2) is 46.9 Å². The lowest BCUT2D eigenvalue weighted by molar-refractivity contribution is 1.10. The first-order valence-corrected chi connectivity index (χ1v) is 7.67. The smallest absolute Gasteiger partial charge is 0.153 e. The van der Waals surface area contributed by atoms with Gasteiger partial charge in [0.15, 0.2) is 5.82 Å². The minimum Gasteiger partial charge on any atom is -0.382 e. The molecule has 0 bridgehead atoms. The topological polar surface area (TPSA) is 54.7 Å². The maximum Gasteiger partial charge on any atom is 0.153 e. The lowest BCUT2D eigenvalue weighted by Crippen LogP contribution is -1.90. The van der Waals surface area contributed by atoms with Crippen LogP contribution >= 0.6 is 39.1 Å². The highest BCUT2D eigenvalue weighted by Gasteiger charge is 2.20. The van der Waals surface area contributed by atoms with E-state index in [1.165, 1.54) is 0 Å². The predicted octanol–water partition coefficient (Wildman–Crippen LogP) is 5.40. The molecule has 0 atom stereocenters. The number of hydrogen-bond donors (Lipinski definition) is 2. The van der Waals surface area contributed by atoms with Crippen molar-refractivity contribution in [3.63, 3.8) is 0 Å².